The van der Waals surface area contributed by atoms with Gasteiger partial charge in [0.1, 0.15) is 18.5 Å². The van der Waals surface area contributed by atoms with Crippen molar-refractivity contribution < 1.29 is 28.7 Å². The number of imide groups is 1. The Morgan fingerprint density at radius 3 is 2.52 bits per heavy atom. The molecule has 2 aromatic rings. The predicted molar refractivity (Wildman–Crippen MR) is 152 cm³/mol. The molecule has 2 heterocycles. The van der Waals surface area contributed by atoms with E-state index in [1.807, 2.05) is 6.07 Å². The van der Waals surface area contributed by atoms with Gasteiger partial charge in [0, 0.05) is 44.3 Å². The van der Waals surface area contributed by atoms with Crippen molar-refractivity contribution in [1.82, 2.24) is 9.80 Å². The molecule has 1 saturated heterocycles. The lowest BCUT2D eigenvalue weighted by atomic mass is 10.0. The van der Waals surface area contributed by atoms with E-state index in [1.165, 1.54) is 0 Å². The van der Waals surface area contributed by atoms with Gasteiger partial charge in [0.15, 0.2) is 6.10 Å². The van der Waals surface area contributed by atoms with Crippen LogP contribution >= 0.6 is 0 Å². The summed E-state index contributed by atoms with van der Waals surface area (Å²) in [7, 11) is -1.30. The minimum atomic E-state index is -1.30. The lowest BCUT2D eigenvalue weighted by molar-refractivity contribution is -0.158. The highest BCUT2D eigenvalue weighted by atomic mass is 28.3. The number of fused-ring (bicyclic) bond motifs is 1. The number of piperidine rings is 1. The molecule has 4 rings (SSSR count). The molecule has 2 N–H and O–H groups in total. The summed E-state index contributed by atoms with van der Waals surface area (Å²) in [6, 6.07) is 12.0. The van der Waals surface area contributed by atoms with E-state index in [2.05, 4.69) is 31.5 Å². The van der Waals surface area contributed by atoms with Gasteiger partial charge in [-0.2, -0.15) is 0 Å². The number of carbonyl (C=O) groups is 4. The van der Waals surface area contributed by atoms with Gasteiger partial charge in [0.05, 0.1) is 0 Å². The fourth-order valence-corrected chi connectivity index (χ4v) is 5.37. The standard InChI is InChI=1S/C30H35N3O6Si/c1-20(39-23-12-10-22(11-13-23)28(31)35)8-9-21-6-5-7-24-25(21)18-32(29(24)36)26-14-15-27(34)33(30(26)37)19-38-16-17-40(2,3)4/h5-7,10-13,20,26H,14-19H2,1-4H3,(H2,31,35)/t20-,26?/m1/s1. The SMILES string of the molecule is C[C@H](C#Cc1cccc2c1CN(C1CCC(=O)N(COCC[Si](C)(C)C)C1=O)C2=O)Oc1ccc(C(N)=O)cc1. The zero-order valence-electron chi connectivity index (χ0n) is 23.4. The number of nitrogens with two attached hydrogens (primary N) is 1. The van der Waals surface area contributed by atoms with Crippen LogP contribution in [0.2, 0.25) is 25.7 Å². The normalized spacial score (nSPS) is 17.8. The van der Waals surface area contributed by atoms with Crippen LogP contribution in [0.15, 0.2) is 42.5 Å². The van der Waals surface area contributed by atoms with Crippen molar-refractivity contribution in [2.45, 2.75) is 64.1 Å². The minimum absolute atomic E-state index is 0.0898. The molecule has 2 aliphatic rings. The van der Waals surface area contributed by atoms with Crippen molar-refractivity contribution in [3.8, 4) is 17.6 Å². The summed E-state index contributed by atoms with van der Waals surface area (Å²) in [6.45, 7) is 9.14. The third-order valence-corrected chi connectivity index (χ3v) is 8.64. The first kappa shape index (κ1) is 29.0. The van der Waals surface area contributed by atoms with E-state index >= 15 is 0 Å². The van der Waals surface area contributed by atoms with Gasteiger partial charge in [0.25, 0.3) is 11.8 Å². The Bertz CT molecular complexity index is 1370. The van der Waals surface area contributed by atoms with Crippen molar-refractivity contribution in [3.63, 3.8) is 0 Å². The molecule has 4 amide bonds. The van der Waals surface area contributed by atoms with Gasteiger partial charge in [-0.05, 0) is 61.4 Å². The number of nitrogens with zero attached hydrogens (tertiary/aromatic N) is 2. The van der Waals surface area contributed by atoms with Crippen LogP contribution in [0.4, 0.5) is 0 Å². The van der Waals surface area contributed by atoms with Crippen LogP contribution < -0.4 is 10.5 Å². The van der Waals surface area contributed by atoms with E-state index in [0.29, 0.717) is 29.0 Å². The van der Waals surface area contributed by atoms with Crippen molar-refractivity contribution in [2.24, 2.45) is 5.73 Å². The van der Waals surface area contributed by atoms with Gasteiger partial charge < -0.3 is 20.1 Å². The number of ether oxygens (including phenoxy) is 2. The smallest absolute Gasteiger partial charge is 0.255 e. The molecule has 2 atom stereocenters. The minimum Gasteiger partial charge on any atom is -0.478 e. The summed E-state index contributed by atoms with van der Waals surface area (Å²) in [6.07, 6.45) is -0.0112. The molecule has 210 valence electrons. The second-order valence-corrected chi connectivity index (χ2v) is 16.9. The first-order chi connectivity index (χ1) is 18.9. The highest BCUT2D eigenvalue weighted by molar-refractivity contribution is 6.76. The summed E-state index contributed by atoms with van der Waals surface area (Å²) in [5.41, 5.74) is 7.60. The molecule has 10 heteroatoms. The van der Waals surface area contributed by atoms with Crippen molar-refractivity contribution in [2.75, 3.05) is 13.3 Å². The molecule has 1 unspecified atom stereocenters. The number of hydrogen-bond donors (Lipinski definition) is 1. The topological polar surface area (TPSA) is 119 Å². The Hall–Kier alpha value is -3.94. The van der Waals surface area contributed by atoms with Crippen LogP contribution in [-0.4, -0.2) is 67.0 Å². The summed E-state index contributed by atoms with van der Waals surface area (Å²) in [5, 5.41) is 0. The predicted octanol–water partition coefficient (Wildman–Crippen LogP) is 3.39. The summed E-state index contributed by atoms with van der Waals surface area (Å²) in [5.74, 6) is 5.29. The Kier molecular flexibility index (Phi) is 8.76. The Labute approximate surface area is 235 Å². The quantitative estimate of drug-likeness (QED) is 0.217. The highest BCUT2D eigenvalue weighted by Crippen LogP contribution is 2.31. The third-order valence-electron chi connectivity index (χ3n) is 6.93. The van der Waals surface area contributed by atoms with E-state index in [9.17, 15) is 19.2 Å². The average molecular weight is 562 g/mol. The molecule has 0 spiro atoms. The van der Waals surface area contributed by atoms with Crippen molar-refractivity contribution in [1.29, 1.82) is 0 Å². The monoisotopic (exact) mass is 561 g/mol. The van der Waals surface area contributed by atoms with Gasteiger partial charge in [-0.15, -0.1) is 0 Å². The van der Waals surface area contributed by atoms with Crippen LogP contribution in [0, 0.1) is 11.8 Å². The summed E-state index contributed by atoms with van der Waals surface area (Å²) in [4.78, 5) is 53.1. The first-order valence-electron chi connectivity index (χ1n) is 13.4. The molecule has 0 bridgehead atoms. The van der Waals surface area contributed by atoms with Gasteiger partial charge in [0.2, 0.25) is 11.8 Å². The molecule has 9 nitrogen and oxygen atoms in total. The highest BCUT2D eigenvalue weighted by Gasteiger charge is 2.43. The lowest BCUT2D eigenvalue weighted by Gasteiger charge is -2.35. The zero-order valence-corrected chi connectivity index (χ0v) is 24.4. The number of hydrogen-bond acceptors (Lipinski definition) is 6. The lowest BCUT2D eigenvalue weighted by Crippen LogP contribution is -2.55. The number of carbonyl (C=O) groups excluding carboxylic acids is 4. The maximum absolute atomic E-state index is 13.3. The Morgan fingerprint density at radius 1 is 1.12 bits per heavy atom. The van der Waals surface area contributed by atoms with E-state index in [0.717, 1.165) is 16.5 Å². The molecular formula is C30H35N3O6Si. The number of amides is 4. The molecule has 2 aromatic carbocycles. The molecule has 1 fully saturated rings. The number of primary amides is 1. The fourth-order valence-electron chi connectivity index (χ4n) is 4.61. The average Bonchev–Trinajstić information content (AvgIpc) is 3.23. The maximum atomic E-state index is 13.3. The summed E-state index contributed by atoms with van der Waals surface area (Å²) < 4.78 is 11.5. The molecule has 0 aromatic heterocycles. The van der Waals surface area contributed by atoms with E-state index in [-0.39, 0.29) is 37.9 Å². The molecule has 0 radical (unpaired) electrons. The maximum Gasteiger partial charge on any atom is 0.255 e. The number of benzene rings is 2. The van der Waals surface area contributed by atoms with Crippen LogP contribution in [-0.2, 0) is 20.9 Å². The Balaban J connectivity index is 1.43. The van der Waals surface area contributed by atoms with Crippen LogP contribution in [0.3, 0.4) is 0 Å². The van der Waals surface area contributed by atoms with E-state index in [4.69, 9.17) is 15.2 Å². The third kappa shape index (κ3) is 6.79. The number of rotatable bonds is 9. The second-order valence-electron chi connectivity index (χ2n) is 11.2. The van der Waals surface area contributed by atoms with Gasteiger partial charge in [-0.1, -0.05) is 37.5 Å². The number of likely N-dealkylation sites (tertiary alicyclic amines) is 1. The molecular weight excluding hydrogens is 526 g/mol. The second kappa shape index (κ2) is 12.1. The largest absolute Gasteiger partial charge is 0.478 e. The van der Waals surface area contributed by atoms with Crippen molar-refractivity contribution >= 4 is 31.7 Å². The van der Waals surface area contributed by atoms with Crippen molar-refractivity contribution in [3.05, 3.63) is 64.7 Å². The van der Waals surface area contributed by atoms with Gasteiger partial charge in [-0.25, -0.2) is 0 Å². The van der Waals surface area contributed by atoms with Crippen LogP contribution in [0.1, 0.15) is 51.6 Å². The summed E-state index contributed by atoms with van der Waals surface area (Å²) >= 11 is 0. The zero-order chi connectivity index (χ0) is 29.0. The van der Waals surface area contributed by atoms with Crippen LogP contribution in [0.5, 0.6) is 5.75 Å². The van der Waals surface area contributed by atoms with Gasteiger partial charge in [-0.3, -0.25) is 24.1 Å². The van der Waals surface area contributed by atoms with E-state index in [1.54, 1.807) is 48.2 Å². The molecule has 0 saturated carbocycles. The van der Waals surface area contributed by atoms with E-state index < -0.39 is 32.0 Å². The fraction of sp³-hybridized carbons (Fsp3) is 0.400. The van der Waals surface area contributed by atoms with Crippen LogP contribution in [0.25, 0.3) is 0 Å². The molecule has 0 aliphatic carbocycles. The first-order valence-corrected chi connectivity index (χ1v) is 17.1. The molecule has 2 aliphatic heterocycles. The van der Waals surface area contributed by atoms with Gasteiger partial charge >= 0.3 is 0 Å². The Morgan fingerprint density at radius 2 is 1.85 bits per heavy atom. The molecule has 40 heavy (non-hydrogen) atoms.